The fourth-order valence-electron chi connectivity index (χ4n) is 5.38. The van der Waals surface area contributed by atoms with Crippen LogP contribution < -0.4 is 5.32 Å². The van der Waals surface area contributed by atoms with Crippen LogP contribution in [0.1, 0.15) is 50.0 Å². The van der Waals surface area contributed by atoms with Crippen LogP contribution >= 0.6 is 0 Å². The van der Waals surface area contributed by atoms with Crippen LogP contribution in [0, 0.1) is 11.8 Å². The molecule has 5 heterocycles. The van der Waals surface area contributed by atoms with Crippen LogP contribution in [0.5, 0.6) is 0 Å². The average molecular weight is 399 g/mol. The summed E-state index contributed by atoms with van der Waals surface area (Å²) in [6, 6.07) is 4.08. The molecular formula is C21H29N5O3. The predicted molar refractivity (Wildman–Crippen MR) is 105 cm³/mol. The predicted octanol–water partition coefficient (Wildman–Crippen LogP) is 1.66. The molecule has 4 atom stereocenters. The lowest BCUT2D eigenvalue weighted by atomic mass is 9.75. The number of hydrogen-bond donors (Lipinski definition) is 2. The van der Waals surface area contributed by atoms with Crippen molar-refractivity contribution in [1.29, 1.82) is 0 Å². The van der Waals surface area contributed by atoms with E-state index in [2.05, 4.69) is 20.5 Å². The Balaban J connectivity index is 1.18. The van der Waals surface area contributed by atoms with Gasteiger partial charge in [-0.3, -0.25) is 14.4 Å². The second-order valence-corrected chi connectivity index (χ2v) is 8.90. The third-order valence-corrected chi connectivity index (χ3v) is 7.08. The van der Waals surface area contributed by atoms with E-state index in [-0.39, 0.29) is 11.8 Å². The molecule has 2 bridgehead atoms. The monoisotopic (exact) mass is 399 g/mol. The van der Waals surface area contributed by atoms with Gasteiger partial charge < -0.3 is 14.8 Å². The summed E-state index contributed by atoms with van der Waals surface area (Å²) in [6.45, 7) is 3.04. The summed E-state index contributed by atoms with van der Waals surface area (Å²) >= 11 is 0. The van der Waals surface area contributed by atoms with Crippen molar-refractivity contribution >= 4 is 5.91 Å². The minimum Gasteiger partial charge on any atom is -0.467 e. The maximum Gasteiger partial charge on any atom is 0.225 e. The van der Waals surface area contributed by atoms with Crippen LogP contribution in [-0.4, -0.2) is 50.0 Å². The van der Waals surface area contributed by atoms with Gasteiger partial charge in [0.15, 0.2) is 0 Å². The summed E-state index contributed by atoms with van der Waals surface area (Å²) in [5.41, 5.74) is -0.0810. The highest BCUT2D eigenvalue weighted by atomic mass is 16.3. The van der Waals surface area contributed by atoms with Crippen molar-refractivity contribution in [2.75, 3.05) is 13.1 Å². The number of rotatable bonds is 6. The molecule has 8 heteroatoms. The third-order valence-electron chi connectivity index (χ3n) is 7.08. The zero-order chi connectivity index (χ0) is 19.8. The number of nitrogens with one attached hydrogen (secondary N) is 1. The van der Waals surface area contributed by atoms with Crippen molar-refractivity contribution < 1.29 is 14.3 Å². The first kappa shape index (κ1) is 18.8. The molecule has 4 fully saturated rings. The van der Waals surface area contributed by atoms with E-state index < -0.39 is 5.60 Å². The van der Waals surface area contributed by atoms with Crippen molar-refractivity contribution in [3.05, 3.63) is 36.0 Å². The Kier molecular flexibility index (Phi) is 4.91. The minimum absolute atomic E-state index is 0.0421. The van der Waals surface area contributed by atoms with Gasteiger partial charge in [-0.2, -0.15) is 0 Å². The lowest BCUT2D eigenvalue weighted by Gasteiger charge is -2.49. The normalized spacial score (nSPS) is 30.5. The molecule has 0 radical (unpaired) electrons. The lowest BCUT2D eigenvalue weighted by molar-refractivity contribution is -0.133. The smallest absolute Gasteiger partial charge is 0.225 e. The number of carbonyl (C=O) groups is 1. The second kappa shape index (κ2) is 7.57. The molecule has 1 amide bonds. The number of aliphatic hydroxyl groups is 1. The van der Waals surface area contributed by atoms with Crippen LogP contribution in [0.25, 0.3) is 0 Å². The number of fused-ring (bicyclic) bond motifs is 3. The number of aromatic nitrogens is 3. The summed E-state index contributed by atoms with van der Waals surface area (Å²) in [5.74, 6) is 1.36. The molecule has 4 aliphatic rings. The lowest BCUT2D eigenvalue weighted by Crippen LogP contribution is -2.57. The number of amides is 1. The van der Waals surface area contributed by atoms with Crippen molar-refractivity contribution in [1.82, 2.24) is 25.2 Å². The quantitative estimate of drug-likeness (QED) is 0.767. The first-order valence-corrected chi connectivity index (χ1v) is 10.8. The van der Waals surface area contributed by atoms with Gasteiger partial charge in [0.05, 0.1) is 31.5 Å². The van der Waals surface area contributed by atoms with Gasteiger partial charge >= 0.3 is 0 Å². The number of nitrogens with zero attached hydrogens (tertiary/aromatic N) is 4. The Hall–Kier alpha value is -2.19. The van der Waals surface area contributed by atoms with Gasteiger partial charge in [-0.05, 0) is 50.3 Å². The van der Waals surface area contributed by atoms with Gasteiger partial charge in [0.25, 0.3) is 0 Å². The van der Waals surface area contributed by atoms with Gasteiger partial charge in [-0.15, -0.1) is 5.10 Å². The van der Waals surface area contributed by atoms with Crippen molar-refractivity contribution in [3.63, 3.8) is 0 Å². The molecular weight excluding hydrogens is 370 g/mol. The molecule has 3 aliphatic heterocycles. The molecule has 1 aliphatic carbocycles. The van der Waals surface area contributed by atoms with Crippen LogP contribution in [-0.2, 0) is 23.5 Å². The number of furan rings is 1. The molecule has 29 heavy (non-hydrogen) atoms. The zero-order valence-electron chi connectivity index (χ0n) is 16.7. The maximum absolute atomic E-state index is 12.7. The third kappa shape index (κ3) is 3.71. The van der Waals surface area contributed by atoms with E-state index in [1.165, 1.54) is 0 Å². The number of carbonyl (C=O) groups excluding carboxylic acids is 1. The molecule has 156 valence electrons. The molecule has 2 N–H and O–H groups in total. The Labute approximate surface area is 170 Å². The highest BCUT2D eigenvalue weighted by Crippen LogP contribution is 2.38. The highest BCUT2D eigenvalue weighted by Gasteiger charge is 2.43. The Bertz CT molecular complexity index is 842. The standard InChI is InChI=1S/C21H29N5O3/c27-20(22-11-17-4-3-9-29-17)18-13-25-8-5-15(18)10-16(25)12-26-14-19(23-24-26)21(28)6-1-2-7-21/h3-4,9,14-16,18,28H,1-2,5-8,10-13H2,(H,22,27). The van der Waals surface area contributed by atoms with Crippen molar-refractivity contribution in [3.8, 4) is 0 Å². The van der Waals surface area contributed by atoms with E-state index in [0.717, 1.165) is 63.9 Å². The van der Waals surface area contributed by atoms with Gasteiger partial charge in [0, 0.05) is 12.6 Å². The Morgan fingerprint density at radius 1 is 1.38 bits per heavy atom. The van der Waals surface area contributed by atoms with Crippen molar-refractivity contribution in [2.45, 2.75) is 63.3 Å². The van der Waals surface area contributed by atoms with E-state index in [9.17, 15) is 9.90 Å². The molecule has 8 nitrogen and oxygen atoms in total. The van der Waals surface area contributed by atoms with E-state index in [1.54, 1.807) is 6.26 Å². The SMILES string of the molecule is O=C(NCc1ccco1)C1CN2CCC1CC2Cn1cc(C2(O)CCCC2)nn1. The Morgan fingerprint density at radius 3 is 2.97 bits per heavy atom. The second-order valence-electron chi connectivity index (χ2n) is 8.90. The summed E-state index contributed by atoms with van der Waals surface area (Å²) in [5, 5.41) is 22.3. The number of piperidine rings is 3. The fraction of sp³-hybridized carbons (Fsp3) is 0.667. The summed E-state index contributed by atoms with van der Waals surface area (Å²) in [4.78, 5) is 15.1. The largest absolute Gasteiger partial charge is 0.467 e. The summed E-state index contributed by atoms with van der Waals surface area (Å²) in [7, 11) is 0. The molecule has 2 aromatic rings. The molecule has 0 aromatic carbocycles. The molecule has 1 saturated carbocycles. The van der Waals surface area contributed by atoms with E-state index >= 15 is 0 Å². The van der Waals surface area contributed by atoms with E-state index in [0.29, 0.717) is 24.2 Å². The Morgan fingerprint density at radius 2 is 2.24 bits per heavy atom. The molecule has 0 spiro atoms. The zero-order valence-corrected chi connectivity index (χ0v) is 16.7. The molecule has 2 aromatic heterocycles. The molecule has 3 saturated heterocycles. The van der Waals surface area contributed by atoms with E-state index in [1.807, 2.05) is 23.0 Å². The minimum atomic E-state index is -0.790. The van der Waals surface area contributed by atoms with Crippen LogP contribution in [0.15, 0.2) is 29.0 Å². The summed E-state index contributed by atoms with van der Waals surface area (Å²) < 4.78 is 7.18. The molecule has 4 unspecified atom stereocenters. The van der Waals surface area contributed by atoms with Gasteiger partial charge in [0.1, 0.15) is 17.1 Å². The maximum atomic E-state index is 12.7. The first-order chi connectivity index (χ1) is 14.1. The van der Waals surface area contributed by atoms with Gasteiger partial charge in [-0.1, -0.05) is 18.1 Å². The first-order valence-electron chi connectivity index (χ1n) is 10.8. The van der Waals surface area contributed by atoms with E-state index in [4.69, 9.17) is 4.42 Å². The average Bonchev–Trinajstić information content (AvgIpc) is 3.49. The van der Waals surface area contributed by atoms with Gasteiger partial charge in [-0.25, -0.2) is 0 Å². The molecule has 6 rings (SSSR count). The van der Waals surface area contributed by atoms with Crippen LogP contribution in [0.4, 0.5) is 0 Å². The highest BCUT2D eigenvalue weighted by molar-refractivity contribution is 5.79. The fourth-order valence-corrected chi connectivity index (χ4v) is 5.38. The summed E-state index contributed by atoms with van der Waals surface area (Å²) in [6.07, 6.45) is 9.26. The number of hydrogen-bond acceptors (Lipinski definition) is 6. The van der Waals surface area contributed by atoms with Gasteiger partial charge in [0.2, 0.25) is 5.91 Å². The topological polar surface area (TPSA) is 96.4 Å². The van der Waals surface area contributed by atoms with Crippen molar-refractivity contribution in [2.24, 2.45) is 11.8 Å². The van der Waals surface area contributed by atoms with Crippen LogP contribution in [0.2, 0.25) is 0 Å². The van der Waals surface area contributed by atoms with Crippen LogP contribution in [0.3, 0.4) is 0 Å².